The molecule has 32 heavy (non-hydrogen) atoms. The second-order valence-electron chi connectivity index (χ2n) is 7.11. The van der Waals surface area contributed by atoms with Crippen LogP contribution in [0.2, 0.25) is 0 Å². The van der Waals surface area contributed by atoms with Gasteiger partial charge in [0.25, 0.3) is 6.17 Å². The number of carbonyl (C=O) groups excluding carboxylic acids is 1. The first-order chi connectivity index (χ1) is 15.5. The van der Waals surface area contributed by atoms with Gasteiger partial charge in [-0.05, 0) is 48.2 Å². The zero-order chi connectivity index (χ0) is 22.8. The van der Waals surface area contributed by atoms with Crippen LogP contribution in [-0.2, 0) is 4.79 Å². The lowest BCUT2D eigenvalue weighted by Crippen LogP contribution is -2.60. The van der Waals surface area contributed by atoms with E-state index in [9.17, 15) is 9.59 Å². The maximum Gasteiger partial charge on any atom is 0.325 e. The molecule has 4 rings (SSSR count). The van der Waals surface area contributed by atoms with E-state index in [4.69, 9.17) is 9.47 Å². The predicted octanol–water partition coefficient (Wildman–Crippen LogP) is 3.16. The summed E-state index contributed by atoms with van der Waals surface area (Å²) in [6, 6.07) is 12.9. The maximum absolute atomic E-state index is 13.2. The van der Waals surface area contributed by atoms with Gasteiger partial charge in [0, 0.05) is 17.1 Å². The summed E-state index contributed by atoms with van der Waals surface area (Å²) in [6.07, 6.45) is 1.48. The molecular weight excluding hydrogens is 428 g/mol. The standard InChI is InChI=1S/C23H24N4O4S/c1-5-19(28)26-16-10-8-7-9-15(16)20-21(29)24-23(32-4)25-27(20)22(26)14-11-12-17(31-6-2)18(13-14)30-3/h7-13,22H,5-6H2,1-4H3/p+1/t22-/m0/s1. The van der Waals surface area contributed by atoms with Crippen molar-refractivity contribution < 1.29 is 19.0 Å². The van der Waals surface area contributed by atoms with Crippen LogP contribution in [0.5, 0.6) is 11.5 Å². The monoisotopic (exact) mass is 453 g/mol. The molecule has 3 aromatic rings. The van der Waals surface area contributed by atoms with Crippen LogP contribution in [0, 0.1) is 0 Å². The average Bonchev–Trinajstić information content (AvgIpc) is 2.82. The number of thioether (sulfide) groups is 1. The second kappa shape index (κ2) is 9.04. The van der Waals surface area contributed by atoms with Crippen molar-refractivity contribution in [2.45, 2.75) is 31.6 Å². The number of carbonyl (C=O) groups is 1. The van der Waals surface area contributed by atoms with Crippen molar-refractivity contribution in [1.82, 2.24) is 10.1 Å². The molecule has 2 aromatic carbocycles. The van der Waals surface area contributed by atoms with E-state index in [-0.39, 0.29) is 11.5 Å². The SMILES string of the molecule is CCOc1ccc([C@H]2N(C(=O)CC)c3ccccc3-c3c(=O)[nH]c(SC)n[n+]32)cc1OC. The van der Waals surface area contributed by atoms with E-state index in [1.165, 1.54) is 11.8 Å². The smallest absolute Gasteiger partial charge is 0.325 e. The van der Waals surface area contributed by atoms with Crippen molar-refractivity contribution in [3.63, 3.8) is 0 Å². The molecule has 0 saturated heterocycles. The molecule has 0 saturated carbocycles. The fourth-order valence-electron chi connectivity index (χ4n) is 3.92. The number of fused-ring (bicyclic) bond motifs is 3. The van der Waals surface area contributed by atoms with E-state index < -0.39 is 6.17 Å². The summed E-state index contributed by atoms with van der Waals surface area (Å²) in [7, 11) is 1.57. The quantitative estimate of drug-likeness (QED) is 0.456. The zero-order valence-electron chi connectivity index (χ0n) is 18.4. The van der Waals surface area contributed by atoms with Crippen LogP contribution in [0.3, 0.4) is 0 Å². The largest absolute Gasteiger partial charge is 0.493 e. The highest BCUT2D eigenvalue weighted by atomic mass is 32.2. The Labute approximate surface area is 190 Å². The summed E-state index contributed by atoms with van der Waals surface area (Å²) >= 11 is 1.33. The molecule has 0 spiro atoms. The molecule has 0 bridgehead atoms. The van der Waals surface area contributed by atoms with Crippen molar-refractivity contribution in [3.05, 3.63) is 58.4 Å². The fourth-order valence-corrected chi connectivity index (χ4v) is 4.29. The minimum atomic E-state index is -0.662. The molecule has 9 heteroatoms. The fraction of sp³-hybridized carbons (Fsp3) is 0.304. The molecule has 2 heterocycles. The summed E-state index contributed by atoms with van der Waals surface area (Å²) in [5, 5.41) is 5.15. The minimum Gasteiger partial charge on any atom is -0.493 e. The number of rotatable bonds is 6. The number of para-hydroxylation sites is 1. The van der Waals surface area contributed by atoms with Gasteiger partial charge in [0.1, 0.15) is 0 Å². The Hall–Kier alpha value is -3.33. The molecule has 1 N–H and O–H groups in total. The summed E-state index contributed by atoms with van der Waals surface area (Å²) in [5.74, 6) is 1.07. The van der Waals surface area contributed by atoms with Crippen LogP contribution in [0.1, 0.15) is 32.0 Å². The number of aromatic nitrogens is 3. The molecule has 0 aliphatic carbocycles. The van der Waals surface area contributed by atoms with Gasteiger partial charge in [0.05, 0.1) is 25.0 Å². The van der Waals surface area contributed by atoms with Crippen molar-refractivity contribution in [3.8, 4) is 22.8 Å². The van der Waals surface area contributed by atoms with E-state index in [0.717, 1.165) is 5.56 Å². The van der Waals surface area contributed by atoms with Crippen molar-refractivity contribution in [2.75, 3.05) is 24.9 Å². The maximum atomic E-state index is 13.2. The van der Waals surface area contributed by atoms with E-state index >= 15 is 0 Å². The third-order valence-electron chi connectivity index (χ3n) is 5.31. The molecule has 166 valence electrons. The number of hydrogen-bond donors (Lipinski definition) is 1. The third-order valence-corrected chi connectivity index (χ3v) is 5.88. The third kappa shape index (κ3) is 3.62. The van der Waals surface area contributed by atoms with Crippen LogP contribution < -0.4 is 24.6 Å². The number of methoxy groups -OCH3 is 1. The zero-order valence-corrected chi connectivity index (χ0v) is 19.2. The Kier molecular flexibility index (Phi) is 6.18. The molecule has 1 atom stereocenters. The molecule has 1 aromatic heterocycles. The number of nitrogens with one attached hydrogen (secondary N) is 1. The Balaban J connectivity index is 2.03. The summed E-state index contributed by atoms with van der Waals surface area (Å²) in [5.41, 5.74) is 2.21. The van der Waals surface area contributed by atoms with E-state index in [1.54, 1.807) is 16.7 Å². The van der Waals surface area contributed by atoms with Crippen LogP contribution in [0.4, 0.5) is 5.69 Å². The number of H-pyrrole nitrogens is 1. The topological polar surface area (TPSA) is 88.4 Å². The lowest BCUT2D eigenvalue weighted by molar-refractivity contribution is -0.763. The molecule has 0 unspecified atom stereocenters. The number of nitrogens with zero attached hydrogens (tertiary/aromatic N) is 3. The summed E-state index contributed by atoms with van der Waals surface area (Å²) in [4.78, 5) is 30.9. The van der Waals surface area contributed by atoms with Gasteiger partial charge in [0.2, 0.25) is 11.1 Å². The van der Waals surface area contributed by atoms with E-state index in [0.29, 0.717) is 46.6 Å². The average molecular weight is 454 g/mol. The van der Waals surface area contributed by atoms with Gasteiger partial charge in [-0.1, -0.05) is 30.8 Å². The number of anilines is 1. The summed E-state index contributed by atoms with van der Waals surface area (Å²) < 4.78 is 12.8. The first-order valence-corrected chi connectivity index (χ1v) is 11.6. The Bertz CT molecular complexity index is 1230. The Morgan fingerprint density at radius 3 is 2.69 bits per heavy atom. The van der Waals surface area contributed by atoms with Gasteiger partial charge in [-0.25, -0.2) is 4.90 Å². The molecule has 0 radical (unpaired) electrons. The van der Waals surface area contributed by atoms with Gasteiger partial charge in [0.15, 0.2) is 11.5 Å². The van der Waals surface area contributed by atoms with Crippen LogP contribution in [0.25, 0.3) is 11.3 Å². The molecule has 1 amide bonds. The number of hydrogen-bond acceptors (Lipinski definition) is 6. The normalized spacial score (nSPS) is 14.5. The van der Waals surface area contributed by atoms with Crippen molar-refractivity contribution >= 4 is 23.4 Å². The first kappa shape index (κ1) is 21.9. The molecule has 1 aliphatic heterocycles. The van der Waals surface area contributed by atoms with Gasteiger partial charge in [-0.2, -0.15) is 0 Å². The van der Waals surface area contributed by atoms with Gasteiger partial charge >= 0.3 is 11.3 Å². The van der Waals surface area contributed by atoms with Gasteiger partial charge in [-0.3, -0.25) is 14.6 Å². The highest BCUT2D eigenvalue weighted by Crippen LogP contribution is 2.39. The number of aromatic amines is 1. The van der Waals surface area contributed by atoms with Gasteiger partial charge < -0.3 is 9.47 Å². The molecular formula is C23H25N4O4S+. The number of amides is 1. The number of ether oxygens (including phenoxy) is 2. The lowest BCUT2D eigenvalue weighted by atomic mass is 10.0. The lowest BCUT2D eigenvalue weighted by Gasteiger charge is -2.32. The van der Waals surface area contributed by atoms with Crippen molar-refractivity contribution in [1.29, 1.82) is 0 Å². The number of benzene rings is 2. The Morgan fingerprint density at radius 1 is 1.22 bits per heavy atom. The minimum absolute atomic E-state index is 0.0822. The van der Waals surface area contributed by atoms with Crippen molar-refractivity contribution in [2.24, 2.45) is 0 Å². The van der Waals surface area contributed by atoms with Gasteiger partial charge in [-0.15, -0.1) is 0 Å². The molecule has 8 nitrogen and oxygen atoms in total. The summed E-state index contributed by atoms with van der Waals surface area (Å²) in [6.45, 7) is 4.22. The first-order valence-electron chi connectivity index (χ1n) is 10.4. The molecule has 1 aliphatic rings. The Morgan fingerprint density at radius 2 is 2.00 bits per heavy atom. The van der Waals surface area contributed by atoms with Crippen LogP contribution >= 0.6 is 11.8 Å². The van der Waals surface area contributed by atoms with Crippen LogP contribution in [0.15, 0.2) is 52.4 Å². The highest BCUT2D eigenvalue weighted by Gasteiger charge is 2.45. The highest BCUT2D eigenvalue weighted by molar-refractivity contribution is 7.98. The van der Waals surface area contributed by atoms with E-state index in [2.05, 4.69) is 10.1 Å². The van der Waals surface area contributed by atoms with E-state index in [1.807, 2.05) is 62.6 Å². The molecule has 0 fully saturated rings. The predicted molar refractivity (Wildman–Crippen MR) is 122 cm³/mol. The van der Waals surface area contributed by atoms with Crippen LogP contribution in [-0.4, -0.2) is 36.0 Å². The second-order valence-corrected chi connectivity index (χ2v) is 7.90.